The molecule has 0 spiro atoms. The molecule has 0 aromatic heterocycles. The molecule has 16 heavy (non-hydrogen) atoms. The number of phenols is 1. The van der Waals surface area contributed by atoms with Crippen LogP contribution in [0, 0.1) is 0 Å². The number of benzene rings is 1. The van der Waals surface area contributed by atoms with Crippen molar-refractivity contribution in [1.82, 2.24) is 0 Å². The molecule has 1 aromatic carbocycles. The van der Waals surface area contributed by atoms with Gasteiger partial charge in [-0.3, -0.25) is 0 Å². The van der Waals surface area contributed by atoms with E-state index in [1.54, 1.807) is 0 Å². The van der Waals surface area contributed by atoms with Crippen LogP contribution in [0.25, 0.3) is 0 Å². The average molecular weight is 232 g/mol. The van der Waals surface area contributed by atoms with Gasteiger partial charge in [-0.2, -0.15) is 0 Å². The number of aromatic hydroxyl groups is 1. The maximum Gasteiger partial charge on any atom is 0.573 e. The van der Waals surface area contributed by atoms with Crippen molar-refractivity contribution < 1.29 is 23.0 Å². The molecule has 5 heteroatoms. The molecule has 1 aliphatic rings. The lowest BCUT2D eigenvalue weighted by atomic mass is 9.97. The minimum absolute atomic E-state index is 0.0227. The van der Waals surface area contributed by atoms with Gasteiger partial charge in [0.15, 0.2) is 0 Å². The van der Waals surface area contributed by atoms with Gasteiger partial charge in [0.1, 0.15) is 11.5 Å². The molecule has 1 fully saturated rings. The van der Waals surface area contributed by atoms with Gasteiger partial charge in [0.05, 0.1) is 0 Å². The van der Waals surface area contributed by atoms with Crippen LogP contribution >= 0.6 is 0 Å². The Hall–Kier alpha value is -1.39. The summed E-state index contributed by atoms with van der Waals surface area (Å²) in [4.78, 5) is 0. The summed E-state index contributed by atoms with van der Waals surface area (Å²) < 4.78 is 39.8. The van der Waals surface area contributed by atoms with Crippen LogP contribution in [0.2, 0.25) is 0 Å². The number of ether oxygens (including phenoxy) is 1. The molecule has 0 heterocycles. The summed E-state index contributed by atoms with van der Waals surface area (Å²) in [5, 5.41) is 9.57. The van der Waals surface area contributed by atoms with E-state index in [1.807, 2.05) is 6.92 Å². The number of halogens is 3. The van der Waals surface area contributed by atoms with Crippen LogP contribution in [0.5, 0.6) is 11.5 Å². The maximum atomic E-state index is 12.0. The second-order valence-electron chi connectivity index (χ2n) is 4.29. The molecule has 1 aromatic rings. The first kappa shape index (κ1) is 11.1. The molecule has 2 rings (SSSR count). The molecule has 0 bridgehead atoms. The van der Waals surface area contributed by atoms with Crippen LogP contribution in [-0.4, -0.2) is 11.5 Å². The van der Waals surface area contributed by atoms with Crippen LogP contribution in [0.3, 0.4) is 0 Å². The van der Waals surface area contributed by atoms with Gasteiger partial charge >= 0.3 is 6.36 Å². The topological polar surface area (TPSA) is 29.5 Å². The molecule has 0 saturated heterocycles. The smallest absolute Gasteiger partial charge is 0.508 e. The van der Waals surface area contributed by atoms with Crippen LogP contribution in [-0.2, 0) is 5.41 Å². The third-order valence-corrected chi connectivity index (χ3v) is 2.85. The Morgan fingerprint density at radius 2 is 1.94 bits per heavy atom. The Kier molecular flexibility index (Phi) is 2.29. The second kappa shape index (κ2) is 3.30. The zero-order valence-electron chi connectivity index (χ0n) is 8.64. The standard InChI is InChI=1S/C11H11F3O2/c1-10(4-5-10)8-6-7(2-3-9(8)15)16-11(12,13)14/h2-3,6,15H,4-5H2,1H3. The highest BCUT2D eigenvalue weighted by atomic mass is 19.4. The van der Waals surface area contributed by atoms with Gasteiger partial charge in [0.25, 0.3) is 0 Å². The third kappa shape index (κ3) is 2.23. The van der Waals surface area contributed by atoms with E-state index < -0.39 is 6.36 Å². The zero-order valence-corrected chi connectivity index (χ0v) is 8.64. The summed E-state index contributed by atoms with van der Waals surface area (Å²) in [6.45, 7) is 1.90. The Morgan fingerprint density at radius 3 is 2.44 bits per heavy atom. The highest BCUT2D eigenvalue weighted by molar-refractivity contribution is 5.46. The van der Waals surface area contributed by atoms with Gasteiger partial charge in [-0.05, 0) is 36.5 Å². The summed E-state index contributed by atoms with van der Waals surface area (Å²) in [5.41, 5.74) is 0.323. The number of hydrogen-bond donors (Lipinski definition) is 1. The summed E-state index contributed by atoms with van der Waals surface area (Å²) in [5.74, 6) is -0.261. The monoisotopic (exact) mass is 232 g/mol. The summed E-state index contributed by atoms with van der Waals surface area (Å²) in [6.07, 6.45) is -2.95. The van der Waals surface area contributed by atoms with Crippen molar-refractivity contribution in [3.8, 4) is 11.5 Å². The Bertz CT molecular complexity index is 408. The van der Waals surface area contributed by atoms with Crippen molar-refractivity contribution in [3.63, 3.8) is 0 Å². The number of alkyl halides is 3. The molecule has 1 saturated carbocycles. The van der Waals surface area contributed by atoms with Crippen LogP contribution in [0.1, 0.15) is 25.3 Å². The van der Waals surface area contributed by atoms with E-state index in [0.29, 0.717) is 5.56 Å². The quantitative estimate of drug-likeness (QED) is 0.847. The lowest BCUT2D eigenvalue weighted by Crippen LogP contribution is -2.17. The highest BCUT2D eigenvalue weighted by Crippen LogP contribution is 2.51. The van der Waals surface area contributed by atoms with Crippen LogP contribution in [0.4, 0.5) is 13.2 Å². The maximum absolute atomic E-state index is 12.0. The van der Waals surface area contributed by atoms with E-state index in [-0.39, 0.29) is 16.9 Å². The molecule has 0 radical (unpaired) electrons. The van der Waals surface area contributed by atoms with Gasteiger partial charge in [-0.1, -0.05) is 6.92 Å². The molecule has 2 nitrogen and oxygen atoms in total. The summed E-state index contributed by atoms with van der Waals surface area (Å²) in [7, 11) is 0. The lowest BCUT2D eigenvalue weighted by molar-refractivity contribution is -0.274. The molecule has 1 N–H and O–H groups in total. The predicted octanol–water partition coefficient (Wildman–Crippen LogP) is 3.34. The van der Waals surface area contributed by atoms with E-state index >= 15 is 0 Å². The van der Waals surface area contributed by atoms with E-state index in [9.17, 15) is 18.3 Å². The van der Waals surface area contributed by atoms with Crippen molar-refractivity contribution >= 4 is 0 Å². The van der Waals surface area contributed by atoms with E-state index in [1.165, 1.54) is 12.1 Å². The Labute approximate surface area is 90.7 Å². The van der Waals surface area contributed by atoms with Gasteiger partial charge in [-0.15, -0.1) is 13.2 Å². The number of hydrogen-bond acceptors (Lipinski definition) is 2. The van der Waals surface area contributed by atoms with Crippen molar-refractivity contribution in [2.45, 2.75) is 31.5 Å². The fourth-order valence-corrected chi connectivity index (χ4v) is 1.65. The number of phenolic OH excluding ortho intramolecular Hbond substituents is 1. The minimum atomic E-state index is -4.70. The highest BCUT2D eigenvalue weighted by Gasteiger charge is 2.41. The molecule has 88 valence electrons. The van der Waals surface area contributed by atoms with Gasteiger partial charge in [-0.25, -0.2) is 0 Å². The van der Waals surface area contributed by atoms with E-state index in [2.05, 4.69) is 4.74 Å². The second-order valence-corrected chi connectivity index (χ2v) is 4.29. The first-order valence-corrected chi connectivity index (χ1v) is 4.89. The SMILES string of the molecule is CC1(c2cc(OC(F)(F)F)ccc2O)CC1. The molecule has 0 unspecified atom stereocenters. The molecule has 0 amide bonds. The van der Waals surface area contributed by atoms with Crippen molar-refractivity contribution in [1.29, 1.82) is 0 Å². The molecule has 0 aliphatic heterocycles. The van der Waals surface area contributed by atoms with Gasteiger partial charge in [0.2, 0.25) is 0 Å². The lowest BCUT2D eigenvalue weighted by Gasteiger charge is -2.14. The number of rotatable bonds is 2. The van der Waals surface area contributed by atoms with Crippen LogP contribution < -0.4 is 4.74 Å². The summed E-state index contributed by atoms with van der Waals surface area (Å²) >= 11 is 0. The van der Waals surface area contributed by atoms with Crippen molar-refractivity contribution in [2.75, 3.05) is 0 Å². The molecular formula is C11H11F3O2. The largest absolute Gasteiger partial charge is 0.573 e. The van der Waals surface area contributed by atoms with E-state index in [0.717, 1.165) is 18.9 Å². The first-order chi connectivity index (χ1) is 7.30. The molecule has 1 aliphatic carbocycles. The van der Waals surface area contributed by atoms with E-state index in [4.69, 9.17) is 0 Å². The summed E-state index contributed by atoms with van der Waals surface area (Å²) in [6, 6.07) is 3.61. The zero-order chi connectivity index (χ0) is 12.0. The minimum Gasteiger partial charge on any atom is -0.508 e. The third-order valence-electron chi connectivity index (χ3n) is 2.85. The fraction of sp³-hybridized carbons (Fsp3) is 0.455. The van der Waals surface area contributed by atoms with Gasteiger partial charge < -0.3 is 9.84 Å². The normalized spacial score (nSPS) is 18.2. The van der Waals surface area contributed by atoms with Gasteiger partial charge in [0, 0.05) is 5.56 Å². The predicted molar refractivity (Wildman–Crippen MR) is 51.4 cm³/mol. The van der Waals surface area contributed by atoms with Crippen LogP contribution in [0.15, 0.2) is 18.2 Å². The first-order valence-electron chi connectivity index (χ1n) is 4.89. The van der Waals surface area contributed by atoms with Crippen molar-refractivity contribution in [3.05, 3.63) is 23.8 Å². The average Bonchev–Trinajstić information content (AvgIpc) is 2.86. The fourth-order valence-electron chi connectivity index (χ4n) is 1.65. The Balaban J connectivity index is 2.29. The molecular weight excluding hydrogens is 221 g/mol. The van der Waals surface area contributed by atoms with Crippen molar-refractivity contribution in [2.24, 2.45) is 0 Å². The Morgan fingerprint density at radius 1 is 1.31 bits per heavy atom. The molecule has 0 atom stereocenters.